The minimum Gasteiger partial charge on any atom is -0.496 e. The molecule has 138 valence electrons. The number of para-hydroxylation sites is 1. The van der Waals surface area contributed by atoms with E-state index >= 15 is 0 Å². The van der Waals surface area contributed by atoms with Crippen molar-refractivity contribution >= 4 is 34.7 Å². The lowest BCUT2D eigenvalue weighted by Crippen LogP contribution is -2.27. The van der Waals surface area contributed by atoms with Gasteiger partial charge in [-0.15, -0.1) is 0 Å². The van der Waals surface area contributed by atoms with Gasteiger partial charge in [-0.25, -0.2) is 0 Å². The number of imide groups is 1. The second-order valence-electron chi connectivity index (χ2n) is 6.00. The van der Waals surface area contributed by atoms with Crippen LogP contribution in [0.4, 0.5) is 11.4 Å². The highest BCUT2D eigenvalue weighted by atomic mass is 16.5. The zero-order valence-electron chi connectivity index (χ0n) is 15.2. The number of hydrogen-bond donors (Lipinski definition) is 2. The number of rotatable bonds is 5. The molecule has 2 aromatic rings. The van der Waals surface area contributed by atoms with Crippen molar-refractivity contribution in [2.45, 2.75) is 6.92 Å². The van der Waals surface area contributed by atoms with Crippen molar-refractivity contribution in [1.82, 2.24) is 4.90 Å². The molecule has 7 nitrogen and oxygen atoms in total. The standard InChI is InChI=1S/C20H19N3O4/c1-12(24)21-13-8-10-14(11-9-13)22-18-17(19(25)23(2)20(18)26)15-6-4-5-7-16(15)27-3/h4-11,22H,1-3H3,(H,21,24). The third-order valence-electron chi connectivity index (χ3n) is 4.14. The van der Waals surface area contributed by atoms with Gasteiger partial charge < -0.3 is 15.4 Å². The fourth-order valence-electron chi connectivity index (χ4n) is 2.84. The number of carbonyl (C=O) groups is 3. The van der Waals surface area contributed by atoms with Gasteiger partial charge in [-0.3, -0.25) is 19.3 Å². The summed E-state index contributed by atoms with van der Waals surface area (Å²) in [5.41, 5.74) is 2.23. The van der Waals surface area contributed by atoms with Crippen molar-refractivity contribution < 1.29 is 19.1 Å². The van der Waals surface area contributed by atoms with Crippen LogP contribution in [0.15, 0.2) is 54.2 Å². The van der Waals surface area contributed by atoms with E-state index in [1.54, 1.807) is 48.5 Å². The Hall–Kier alpha value is -3.61. The number of methoxy groups -OCH3 is 1. The molecule has 0 spiro atoms. The molecule has 0 saturated carbocycles. The molecule has 3 amide bonds. The van der Waals surface area contributed by atoms with E-state index in [2.05, 4.69) is 10.6 Å². The van der Waals surface area contributed by atoms with Crippen LogP contribution in [0.2, 0.25) is 0 Å². The molecule has 1 heterocycles. The Kier molecular flexibility index (Phi) is 4.94. The van der Waals surface area contributed by atoms with E-state index < -0.39 is 11.8 Å². The predicted molar refractivity (Wildman–Crippen MR) is 102 cm³/mol. The Morgan fingerprint density at radius 1 is 0.963 bits per heavy atom. The maximum absolute atomic E-state index is 12.7. The molecule has 0 radical (unpaired) electrons. The lowest BCUT2D eigenvalue weighted by atomic mass is 10.0. The van der Waals surface area contributed by atoms with Crippen LogP contribution in [0.5, 0.6) is 5.75 Å². The van der Waals surface area contributed by atoms with Crippen LogP contribution >= 0.6 is 0 Å². The normalized spacial score (nSPS) is 13.8. The van der Waals surface area contributed by atoms with Gasteiger partial charge in [0.15, 0.2) is 0 Å². The molecule has 2 N–H and O–H groups in total. The van der Waals surface area contributed by atoms with Crippen LogP contribution in [0, 0.1) is 0 Å². The number of ether oxygens (including phenoxy) is 1. The summed E-state index contributed by atoms with van der Waals surface area (Å²) in [5, 5.41) is 5.70. The van der Waals surface area contributed by atoms with Gasteiger partial charge in [-0.2, -0.15) is 0 Å². The molecule has 2 aromatic carbocycles. The van der Waals surface area contributed by atoms with E-state index in [1.165, 1.54) is 21.1 Å². The fraction of sp³-hybridized carbons (Fsp3) is 0.150. The quantitative estimate of drug-likeness (QED) is 0.795. The highest BCUT2D eigenvalue weighted by molar-refractivity contribution is 6.36. The minimum absolute atomic E-state index is 0.171. The van der Waals surface area contributed by atoms with E-state index in [-0.39, 0.29) is 17.2 Å². The van der Waals surface area contributed by atoms with Gasteiger partial charge in [0, 0.05) is 30.9 Å². The molecule has 3 rings (SSSR count). The molecule has 7 heteroatoms. The smallest absolute Gasteiger partial charge is 0.277 e. The van der Waals surface area contributed by atoms with Crippen LogP contribution < -0.4 is 15.4 Å². The molecule has 1 aliphatic heterocycles. The molecule has 0 aliphatic carbocycles. The highest BCUT2D eigenvalue weighted by Crippen LogP contribution is 2.34. The summed E-state index contributed by atoms with van der Waals surface area (Å²) in [5.74, 6) is -0.493. The Balaban J connectivity index is 2.01. The molecule has 0 saturated heterocycles. The second kappa shape index (κ2) is 7.33. The summed E-state index contributed by atoms with van der Waals surface area (Å²) in [6.45, 7) is 1.43. The molecule has 0 bridgehead atoms. The zero-order valence-corrected chi connectivity index (χ0v) is 15.2. The number of nitrogens with one attached hydrogen (secondary N) is 2. The first-order valence-electron chi connectivity index (χ1n) is 8.27. The van der Waals surface area contributed by atoms with Crippen LogP contribution in [0.25, 0.3) is 5.57 Å². The van der Waals surface area contributed by atoms with Crippen molar-refractivity contribution in [3.63, 3.8) is 0 Å². The summed E-state index contributed by atoms with van der Waals surface area (Å²) in [6.07, 6.45) is 0. The summed E-state index contributed by atoms with van der Waals surface area (Å²) in [7, 11) is 2.95. The molecule has 0 aromatic heterocycles. The number of amides is 3. The predicted octanol–water partition coefficient (Wildman–Crippen LogP) is 2.48. The SMILES string of the molecule is COc1ccccc1C1=C(Nc2ccc(NC(C)=O)cc2)C(=O)N(C)C1=O. The topological polar surface area (TPSA) is 87.7 Å². The summed E-state index contributed by atoms with van der Waals surface area (Å²) < 4.78 is 5.34. The van der Waals surface area contributed by atoms with Crippen molar-refractivity contribution in [2.24, 2.45) is 0 Å². The van der Waals surface area contributed by atoms with E-state index in [4.69, 9.17) is 4.74 Å². The number of hydrogen-bond acceptors (Lipinski definition) is 5. The maximum atomic E-state index is 12.7. The van der Waals surface area contributed by atoms with Gasteiger partial charge in [-0.05, 0) is 30.3 Å². The van der Waals surface area contributed by atoms with E-state index in [1.807, 2.05) is 0 Å². The van der Waals surface area contributed by atoms with Gasteiger partial charge in [0.2, 0.25) is 5.91 Å². The molecule has 0 unspecified atom stereocenters. The Bertz CT molecular complexity index is 948. The summed E-state index contributed by atoms with van der Waals surface area (Å²) in [6, 6.07) is 13.9. The lowest BCUT2D eigenvalue weighted by Gasteiger charge is -2.11. The number of likely N-dealkylation sites (N-methyl/N-ethyl adjacent to an activating group) is 1. The summed E-state index contributed by atoms with van der Waals surface area (Å²) >= 11 is 0. The minimum atomic E-state index is -0.424. The van der Waals surface area contributed by atoms with E-state index in [0.717, 1.165) is 4.90 Å². The van der Waals surface area contributed by atoms with Gasteiger partial charge in [0.05, 0.1) is 12.7 Å². The average molecular weight is 365 g/mol. The van der Waals surface area contributed by atoms with E-state index in [9.17, 15) is 14.4 Å². The first-order chi connectivity index (χ1) is 12.9. The average Bonchev–Trinajstić information content (AvgIpc) is 2.86. The molecule has 1 aliphatic rings. The third kappa shape index (κ3) is 3.52. The van der Waals surface area contributed by atoms with Gasteiger partial charge in [0.25, 0.3) is 11.8 Å². The number of nitrogens with zero attached hydrogens (tertiary/aromatic N) is 1. The first-order valence-corrected chi connectivity index (χ1v) is 8.27. The lowest BCUT2D eigenvalue weighted by molar-refractivity contribution is -0.135. The Morgan fingerprint density at radius 2 is 1.59 bits per heavy atom. The van der Waals surface area contributed by atoms with E-state index in [0.29, 0.717) is 22.7 Å². The maximum Gasteiger partial charge on any atom is 0.277 e. The number of carbonyl (C=O) groups excluding carboxylic acids is 3. The van der Waals surface area contributed by atoms with Crippen molar-refractivity contribution in [3.05, 3.63) is 59.8 Å². The molecular formula is C20H19N3O4. The van der Waals surface area contributed by atoms with Crippen LogP contribution in [0.3, 0.4) is 0 Å². The first kappa shape index (κ1) is 18.2. The number of anilines is 2. The fourth-order valence-corrected chi connectivity index (χ4v) is 2.84. The highest BCUT2D eigenvalue weighted by Gasteiger charge is 2.37. The molecule has 27 heavy (non-hydrogen) atoms. The number of benzene rings is 2. The van der Waals surface area contributed by atoms with Crippen LogP contribution in [-0.2, 0) is 14.4 Å². The van der Waals surface area contributed by atoms with Crippen molar-refractivity contribution in [3.8, 4) is 5.75 Å². The Labute approximate surface area is 156 Å². The van der Waals surface area contributed by atoms with Gasteiger partial charge in [0.1, 0.15) is 11.4 Å². The molecular weight excluding hydrogens is 346 g/mol. The third-order valence-corrected chi connectivity index (χ3v) is 4.14. The van der Waals surface area contributed by atoms with Crippen molar-refractivity contribution in [1.29, 1.82) is 0 Å². The monoisotopic (exact) mass is 365 g/mol. The van der Waals surface area contributed by atoms with Crippen molar-refractivity contribution in [2.75, 3.05) is 24.8 Å². The van der Waals surface area contributed by atoms with Crippen LogP contribution in [-0.4, -0.2) is 36.8 Å². The summed E-state index contributed by atoms with van der Waals surface area (Å²) in [4.78, 5) is 37.5. The van der Waals surface area contributed by atoms with Gasteiger partial charge >= 0.3 is 0 Å². The Morgan fingerprint density at radius 3 is 2.22 bits per heavy atom. The molecule has 0 fully saturated rings. The zero-order chi connectivity index (χ0) is 19.6. The van der Waals surface area contributed by atoms with Gasteiger partial charge in [-0.1, -0.05) is 18.2 Å². The molecule has 0 atom stereocenters. The largest absolute Gasteiger partial charge is 0.496 e. The van der Waals surface area contributed by atoms with Crippen LogP contribution in [0.1, 0.15) is 12.5 Å². The second-order valence-corrected chi connectivity index (χ2v) is 6.00.